The monoisotopic (exact) mass is 425 g/mol. The van der Waals surface area contributed by atoms with Crippen molar-refractivity contribution in [2.24, 2.45) is 0 Å². The average molecular weight is 426 g/mol. The van der Waals surface area contributed by atoms with Gasteiger partial charge in [0.15, 0.2) is 9.84 Å². The van der Waals surface area contributed by atoms with Gasteiger partial charge in [0.1, 0.15) is 16.4 Å². The lowest BCUT2D eigenvalue weighted by Gasteiger charge is -2.37. The third kappa shape index (κ3) is 3.49. The van der Waals surface area contributed by atoms with Crippen molar-refractivity contribution in [3.63, 3.8) is 0 Å². The number of sulfonamides is 1. The maximum absolute atomic E-state index is 13.0. The van der Waals surface area contributed by atoms with Crippen LogP contribution in [0.3, 0.4) is 0 Å². The van der Waals surface area contributed by atoms with Crippen molar-refractivity contribution in [2.45, 2.75) is 28.9 Å². The largest absolute Gasteiger partial charge is 0.497 e. The van der Waals surface area contributed by atoms with E-state index in [0.29, 0.717) is 5.75 Å². The van der Waals surface area contributed by atoms with Gasteiger partial charge in [-0.1, -0.05) is 0 Å². The molecule has 1 aliphatic rings. The molecule has 9 heteroatoms. The van der Waals surface area contributed by atoms with Gasteiger partial charge < -0.3 is 9.47 Å². The van der Waals surface area contributed by atoms with Crippen LogP contribution in [0.1, 0.15) is 11.1 Å². The number of hydrogen-bond acceptors (Lipinski definition) is 6. The van der Waals surface area contributed by atoms with Gasteiger partial charge >= 0.3 is 0 Å². The smallest absolute Gasteiger partial charge is 0.246 e. The Morgan fingerprint density at radius 1 is 0.893 bits per heavy atom. The molecule has 1 saturated heterocycles. The maximum Gasteiger partial charge on any atom is 0.246 e. The van der Waals surface area contributed by atoms with Gasteiger partial charge in [-0.3, -0.25) is 0 Å². The second-order valence-electron chi connectivity index (χ2n) is 6.75. The first kappa shape index (κ1) is 20.6. The van der Waals surface area contributed by atoms with E-state index in [1.807, 2.05) is 13.8 Å². The number of aryl methyl sites for hydroxylation is 2. The Balaban J connectivity index is 1.83. The van der Waals surface area contributed by atoms with Crippen molar-refractivity contribution in [3.8, 4) is 11.5 Å². The number of rotatable bonds is 6. The zero-order valence-electron chi connectivity index (χ0n) is 16.2. The molecule has 0 bridgehead atoms. The van der Waals surface area contributed by atoms with Crippen LogP contribution in [0, 0.1) is 13.8 Å². The zero-order valence-corrected chi connectivity index (χ0v) is 17.8. The Morgan fingerprint density at radius 3 is 2.00 bits per heavy atom. The number of benzene rings is 2. The van der Waals surface area contributed by atoms with E-state index in [4.69, 9.17) is 9.47 Å². The van der Waals surface area contributed by atoms with Crippen LogP contribution in [0.15, 0.2) is 46.2 Å². The molecule has 0 N–H and O–H groups in total. The lowest BCUT2D eigenvalue weighted by atomic mass is 10.1. The third-order valence-corrected chi connectivity index (χ3v) is 9.00. The fourth-order valence-corrected chi connectivity index (χ4v) is 6.61. The normalized spacial score (nSPS) is 15.9. The van der Waals surface area contributed by atoms with Gasteiger partial charge in [-0.15, -0.1) is 0 Å². The van der Waals surface area contributed by atoms with Gasteiger partial charge in [0, 0.05) is 13.1 Å². The van der Waals surface area contributed by atoms with Gasteiger partial charge in [0.25, 0.3) is 0 Å². The highest BCUT2D eigenvalue weighted by molar-refractivity contribution is 7.92. The molecule has 2 aromatic carbocycles. The second kappa shape index (κ2) is 7.38. The summed E-state index contributed by atoms with van der Waals surface area (Å²) in [7, 11) is -4.56. The topological polar surface area (TPSA) is 90.0 Å². The van der Waals surface area contributed by atoms with Crippen molar-refractivity contribution < 1.29 is 26.3 Å². The van der Waals surface area contributed by atoms with E-state index in [2.05, 4.69) is 0 Å². The van der Waals surface area contributed by atoms with Gasteiger partial charge in [-0.2, -0.15) is 4.31 Å². The molecule has 7 nitrogen and oxygen atoms in total. The lowest BCUT2D eigenvalue weighted by Crippen LogP contribution is -2.56. The molecule has 0 aliphatic carbocycles. The molecule has 3 rings (SSSR count). The Hall–Kier alpha value is -2.10. The highest BCUT2D eigenvalue weighted by Gasteiger charge is 2.45. The molecule has 2 aromatic rings. The maximum atomic E-state index is 13.0. The number of methoxy groups -OCH3 is 2. The van der Waals surface area contributed by atoms with Crippen molar-refractivity contribution in [2.75, 3.05) is 27.3 Å². The molecular formula is C19H23NO6S2. The summed E-state index contributed by atoms with van der Waals surface area (Å²) in [5.74, 6) is 0.808. The van der Waals surface area contributed by atoms with Gasteiger partial charge in [-0.25, -0.2) is 16.8 Å². The molecule has 1 heterocycles. The number of sulfone groups is 1. The molecule has 0 aromatic heterocycles. The van der Waals surface area contributed by atoms with Crippen molar-refractivity contribution in [1.29, 1.82) is 0 Å². The molecule has 152 valence electrons. The SMILES string of the molecule is COc1ccc(S(=O)(=O)C2CN(S(=O)(=O)c3cc(C)c(C)cc3OC)C2)cc1. The first-order valence-corrected chi connectivity index (χ1v) is 11.6. The number of nitrogens with zero attached hydrogens (tertiary/aromatic N) is 1. The van der Waals surface area contributed by atoms with E-state index >= 15 is 0 Å². The summed E-state index contributed by atoms with van der Waals surface area (Å²) in [5.41, 5.74) is 1.74. The fraction of sp³-hybridized carbons (Fsp3) is 0.368. The van der Waals surface area contributed by atoms with E-state index in [0.717, 1.165) is 11.1 Å². The average Bonchev–Trinajstić information content (AvgIpc) is 2.61. The van der Waals surface area contributed by atoms with E-state index in [1.165, 1.54) is 30.7 Å². The molecule has 1 fully saturated rings. The van der Waals surface area contributed by atoms with Crippen LogP contribution in [0.5, 0.6) is 11.5 Å². The lowest BCUT2D eigenvalue weighted by molar-refractivity contribution is 0.307. The predicted molar refractivity (Wildman–Crippen MR) is 105 cm³/mol. The van der Waals surface area contributed by atoms with Gasteiger partial charge in [-0.05, 0) is 61.4 Å². The highest BCUT2D eigenvalue weighted by Crippen LogP contribution is 2.34. The van der Waals surface area contributed by atoms with Crippen LogP contribution in [0.2, 0.25) is 0 Å². The number of hydrogen-bond donors (Lipinski definition) is 0. The molecule has 0 radical (unpaired) electrons. The first-order chi connectivity index (χ1) is 13.1. The molecule has 28 heavy (non-hydrogen) atoms. The van der Waals surface area contributed by atoms with E-state index in [1.54, 1.807) is 24.3 Å². The minimum absolute atomic E-state index is 0.0541. The molecule has 0 saturated carbocycles. The van der Waals surface area contributed by atoms with Crippen molar-refractivity contribution in [1.82, 2.24) is 4.31 Å². The molecular weight excluding hydrogens is 402 g/mol. The van der Waals surface area contributed by atoms with Gasteiger partial charge in [0.05, 0.1) is 24.4 Å². The standard InChI is InChI=1S/C19H23NO6S2/c1-13-9-18(26-4)19(10-14(13)2)28(23,24)20-11-17(12-20)27(21,22)16-7-5-15(25-3)6-8-16/h5-10,17H,11-12H2,1-4H3. The van der Waals surface area contributed by atoms with Crippen LogP contribution in [0.25, 0.3) is 0 Å². The molecule has 0 atom stereocenters. The summed E-state index contributed by atoms with van der Waals surface area (Å²) in [6, 6.07) is 9.32. The van der Waals surface area contributed by atoms with Gasteiger partial charge in [0.2, 0.25) is 10.0 Å². The fourth-order valence-electron chi connectivity index (χ4n) is 3.01. The Morgan fingerprint density at radius 2 is 1.46 bits per heavy atom. The van der Waals surface area contributed by atoms with Crippen LogP contribution in [0.4, 0.5) is 0 Å². The van der Waals surface area contributed by atoms with E-state index in [9.17, 15) is 16.8 Å². The van der Waals surface area contributed by atoms with Crippen LogP contribution < -0.4 is 9.47 Å². The minimum Gasteiger partial charge on any atom is -0.497 e. The van der Waals surface area contributed by atoms with Crippen molar-refractivity contribution in [3.05, 3.63) is 47.5 Å². The summed E-state index contributed by atoms with van der Waals surface area (Å²) < 4.78 is 62.9. The van der Waals surface area contributed by atoms with E-state index < -0.39 is 25.1 Å². The highest BCUT2D eigenvalue weighted by atomic mass is 32.2. The van der Waals surface area contributed by atoms with Crippen LogP contribution in [-0.2, 0) is 19.9 Å². The molecule has 1 aliphatic heterocycles. The molecule has 0 unspecified atom stereocenters. The Kier molecular flexibility index (Phi) is 5.44. The van der Waals surface area contributed by atoms with Crippen LogP contribution in [-0.4, -0.2) is 53.7 Å². The summed E-state index contributed by atoms with van der Waals surface area (Å²) >= 11 is 0. The van der Waals surface area contributed by atoms with Crippen LogP contribution >= 0.6 is 0 Å². The van der Waals surface area contributed by atoms with Crippen molar-refractivity contribution >= 4 is 19.9 Å². The zero-order chi connectivity index (χ0) is 20.7. The second-order valence-corrected chi connectivity index (χ2v) is 10.9. The summed E-state index contributed by atoms with van der Waals surface area (Å²) in [6.45, 7) is 3.51. The summed E-state index contributed by atoms with van der Waals surface area (Å²) in [4.78, 5) is 0.206. The van der Waals surface area contributed by atoms with E-state index in [-0.39, 0.29) is 28.6 Å². The first-order valence-electron chi connectivity index (χ1n) is 8.64. The number of ether oxygens (including phenoxy) is 2. The third-order valence-electron chi connectivity index (χ3n) is 5.04. The molecule has 0 spiro atoms. The predicted octanol–water partition coefficient (Wildman–Crippen LogP) is 2.17. The Labute approximate surface area is 165 Å². The Bertz CT molecular complexity index is 1090. The summed E-state index contributed by atoms with van der Waals surface area (Å²) in [5, 5.41) is -0.784. The quantitative estimate of drug-likeness (QED) is 0.705. The summed E-state index contributed by atoms with van der Waals surface area (Å²) in [6.07, 6.45) is 0. The molecule has 0 amide bonds. The minimum atomic E-state index is -3.85.